The Hall–Kier alpha value is -2.36. The lowest BCUT2D eigenvalue weighted by Gasteiger charge is -2.32. The van der Waals surface area contributed by atoms with Gasteiger partial charge in [-0.3, -0.25) is 19.7 Å². The predicted molar refractivity (Wildman–Crippen MR) is 82.8 cm³/mol. The van der Waals surface area contributed by atoms with Gasteiger partial charge in [-0.25, -0.2) is 5.48 Å². The number of nitro benzene ring substituents is 1. The van der Waals surface area contributed by atoms with Crippen LogP contribution in [0.3, 0.4) is 0 Å². The molecule has 1 aliphatic rings. The molecule has 0 aromatic heterocycles. The molecule has 1 heterocycles. The summed E-state index contributed by atoms with van der Waals surface area (Å²) in [4.78, 5) is 28.7. The second-order valence-electron chi connectivity index (χ2n) is 5.62. The third-order valence-corrected chi connectivity index (χ3v) is 4.02. The van der Waals surface area contributed by atoms with Gasteiger partial charge in [-0.15, -0.1) is 0 Å². The van der Waals surface area contributed by atoms with Crippen molar-refractivity contribution in [3.05, 3.63) is 33.9 Å². The van der Waals surface area contributed by atoms with E-state index in [9.17, 15) is 28.1 Å². The van der Waals surface area contributed by atoms with Crippen molar-refractivity contribution in [2.75, 3.05) is 24.6 Å². The lowest BCUT2D eigenvalue weighted by Crippen LogP contribution is -2.40. The van der Waals surface area contributed by atoms with Crippen LogP contribution < -0.4 is 10.4 Å². The van der Waals surface area contributed by atoms with Crippen molar-refractivity contribution in [3.63, 3.8) is 0 Å². The topological polar surface area (TPSA) is 84.7 Å². The first-order chi connectivity index (χ1) is 11.7. The molecule has 1 aromatic rings. The quantitative estimate of drug-likeness (QED) is 0.644. The van der Waals surface area contributed by atoms with Gasteiger partial charge in [0, 0.05) is 25.1 Å². The van der Waals surface area contributed by atoms with Crippen LogP contribution >= 0.6 is 0 Å². The number of amides is 1. The molecule has 138 valence electrons. The molecule has 1 amide bonds. The monoisotopic (exact) mass is 361 g/mol. The first-order valence-corrected chi connectivity index (χ1v) is 7.76. The molecular formula is C15H18F3N3O4. The highest BCUT2D eigenvalue weighted by Crippen LogP contribution is 2.37. The number of nitrogens with zero attached hydrogens (tertiary/aromatic N) is 2. The van der Waals surface area contributed by atoms with Crippen LogP contribution in [0.25, 0.3) is 0 Å². The van der Waals surface area contributed by atoms with E-state index in [1.54, 1.807) is 11.8 Å². The Balaban J connectivity index is 2.12. The van der Waals surface area contributed by atoms with Crippen LogP contribution in [0.5, 0.6) is 0 Å². The van der Waals surface area contributed by atoms with Gasteiger partial charge in [0.05, 0.1) is 17.1 Å². The molecule has 1 N–H and O–H groups in total. The van der Waals surface area contributed by atoms with Crippen molar-refractivity contribution in [1.82, 2.24) is 5.48 Å². The van der Waals surface area contributed by atoms with E-state index in [-0.39, 0.29) is 17.5 Å². The number of anilines is 1. The average Bonchev–Trinajstić information content (AvgIpc) is 2.58. The van der Waals surface area contributed by atoms with Crippen LogP contribution in [0.2, 0.25) is 0 Å². The summed E-state index contributed by atoms with van der Waals surface area (Å²) in [6.45, 7) is 2.72. The van der Waals surface area contributed by atoms with E-state index in [4.69, 9.17) is 4.84 Å². The largest absolute Gasteiger partial charge is 0.416 e. The minimum Gasteiger partial charge on any atom is -0.366 e. The van der Waals surface area contributed by atoms with Gasteiger partial charge in [0.2, 0.25) is 5.91 Å². The molecule has 0 aliphatic carbocycles. The van der Waals surface area contributed by atoms with E-state index in [0.717, 1.165) is 12.1 Å². The van der Waals surface area contributed by atoms with Crippen molar-refractivity contribution in [2.24, 2.45) is 5.92 Å². The fourth-order valence-corrected chi connectivity index (χ4v) is 2.72. The molecule has 1 fully saturated rings. The molecule has 1 aromatic carbocycles. The summed E-state index contributed by atoms with van der Waals surface area (Å²) in [5.41, 5.74) is 0.794. The molecule has 0 spiro atoms. The molecule has 0 saturated carbocycles. The smallest absolute Gasteiger partial charge is 0.366 e. The van der Waals surface area contributed by atoms with E-state index >= 15 is 0 Å². The lowest BCUT2D eigenvalue weighted by atomic mass is 9.95. The van der Waals surface area contributed by atoms with Gasteiger partial charge in [-0.2, -0.15) is 13.2 Å². The third kappa shape index (κ3) is 4.59. The Bertz CT molecular complexity index is 643. The molecule has 25 heavy (non-hydrogen) atoms. The average molecular weight is 361 g/mol. The maximum Gasteiger partial charge on any atom is 0.416 e. The molecule has 0 unspecified atom stereocenters. The van der Waals surface area contributed by atoms with E-state index in [0.29, 0.717) is 38.6 Å². The number of halogens is 3. The number of nitro groups is 1. The fraction of sp³-hybridized carbons (Fsp3) is 0.533. The SMILES string of the molecule is CCONC(=O)C1CCN(c2ccc(C(F)(F)F)cc2[N+](=O)[O-])CC1. The summed E-state index contributed by atoms with van der Waals surface area (Å²) in [6.07, 6.45) is -3.79. The Morgan fingerprint density at radius 1 is 1.40 bits per heavy atom. The first kappa shape index (κ1) is 19.0. The maximum atomic E-state index is 12.8. The maximum absolute atomic E-state index is 12.8. The van der Waals surface area contributed by atoms with Gasteiger partial charge < -0.3 is 4.90 Å². The number of rotatable bonds is 5. The van der Waals surface area contributed by atoms with Gasteiger partial charge in [-0.1, -0.05) is 0 Å². The van der Waals surface area contributed by atoms with Crippen molar-refractivity contribution < 1.29 is 27.7 Å². The molecule has 0 atom stereocenters. The number of alkyl halides is 3. The number of piperidine rings is 1. The summed E-state index contributed by atoms with van der Waals surface area (Å²) < 4.78 is 38.3. The second kappa shape index (κ2) is 7.68. The van der Waals surface area contributed by atoms with Gasteiger partial charge in [-0.05, 0) is 31.9 Å². The highest BCUT2D eigenvalue weighted by Gasteiger charge is 2.34. The van der Waals surface area contributed by atoms with Crippen LogP contribution in [0.15, 0.2) is 18.2 Å². The standard InChI is InChI=1S/C15H18F3N3O4/c1-2-25-19-14(22)10-5-7-20(8-6-10)12-4-3-11(15(16,17)18)9-13(12)21(23)24/h3-4,9-10H,2,5-8H2,1H3,(H,19,22). The Kier molecular flexibility index (Phi) is 5.83. The van der Waals surface area contributed by atoms with Crippen LogP contribution in [0, 0.1) is 16.0 Å². The molecule has 0 radical (unpaired) electrons. The zero-order valence-electron chi connectivity index (χ0n) is 13.5. The number of carbonyl (C=O) groups excluding carboxylic acids is 1. The summed E-state index contributed by atoms with van der Waals surface area (Å²) >= 11 is 0. The van der Waals surface area contributed by atoms with Crippen LogP contribution in [-0.4, -0.2) is 30.5 Å². The fourth-order valence-electron chi connectivity index (χ4n) is 2.72. The van der Waals surface area contributed by atoms with Gasteiger partial charge in [0.1, 0.15) is 5.69 Å². The molecule has 2 rings (SSSR count). The first-order valence-electron chi connectivity index (χ1n) is 7.76. The van der Waals surface area contributed by atoms with Crippen LogP contribution in [0.1, 0.15) is 25.3 Å². The van der Waals surface area contributed by atoms with Crippen molar-refractivity contribution in [3.8, 4) is 0 Å². The van der Waals surface area contributed by atoms with E-state index in [2.05, 4.69) is 5.48 Å². The Morgan fingerprint density at radius 2 is 2.04 bits per heavy atom. The lowest BCUT2D eigenvalue weighted by molar-refractivity contribution is -0.384. The number of hydrogen-bond acceptors (Lipinski definition) is 5. The second-order valence-corrected chi connectivity index (χ2v) is 5.62. The molecule has 1 saturated heterocycles. The van der Waals surface area contributed by atoms with Crippen LogP contribution in [0.4, 0.5) is 24.5 Å². The number of benzene rings is 1. The number of carbonyl (C=O) groups is 1. The molecule has 10 heteroatoms. The van der Waals surface area contributed by atoms with E-state index in [1.807, 2.05) is 0 Å². The predicted octanol–water partition coefficient (Wildman–Crippen LogP) is 2.90. The van der Waals surface area contributed by atoms with E-state index in [1.165, 1.54) is 0 Å². The highest BCUT2D eigenvalue weighted by molar-refractivity contribution is 5.78. The van der Waals surface area contributed by atoms with Crippen molar-refractivity contribution in [1.29, 1.82) is 0 Å². The number of hydrogen-bond donors (Lipinski definition) is 1. The van der Waals surface area contributed by atoms with Crippen molar-refractivity contribution in [2.45, 2.75) is 25.9 Å². The minimum absolute atomic E-state index is 0.127. The number of hydroxylamine groups is 1. The normalized spacial score (nSPS) is 15.9. The Labute approximate surface area is 141 Å². The van der Waals surface area contributed by atoms with Gasteiger partial charge >= 0.3 is 6.18 Å². The summed E-state index contributed by atoms with van der Waals surface area (Å²) in [7, 11) is 0. The zero-order valence-corrected chi connectivity index (χ0v) is 13.5. The zero-order chi connectivity index (χ0) is 18.6. The summed E-state index contributed by atoms with van der Waals surface area (Å²) in [5, 5.41) is 11.2. The Morgan fingerprint density at radius 3 is 2.56 bits per heavy atom. The van der Waals surface area contributed by atoms with Crippen molar-refractivity contribution >= 4 is 17.3 Å². The van der Waals surface area contributed by atoms with Gasteiger partial charge in [0.15, 0.2) is 0 Å². The summed E-state index contributed by atoms with van der Waals surface area (Å²) in [6, 6.07) is 2.49. The molecule has 1 aliphatic heterocycles. The van der Waals surface area contributed by atoms with Gasteiger partial charge in [0.25, 0.3) is 5.69 Å². The molecular weight excluding hydrogens is 343 g/mol. The van der Waals surface area contributed by atoms with E-state index < -0.39 is 22.4 Å². The number of nitrogens with one attached hydrogen (secondary N) is 1. The highest BCUT2D eigenvalue weighted by atomic mass is 19.4. The molecule has 7 nitrogen and oxygen atoms in total. The third-order valence-electron chi connectivity index (χ3n) is 4.02. The summed E-state index contributed by atoms with van der Waals surface area (Å²) in [5.74, 6) is -0.556. The van der Waals surface area contributed by atoms with Crippen LogP contribution in [-0.2, 0) is 15.8 Å². The minimum atomic E-state index is -4.65. The molecule has 0 bridgehead atoms.